The van der Waals surface area contributed by atoms with Crippen molar-refractivity contribution >= 4 is 5.91 Å². The van der Waals surface area contributed by atoms with Crippen molar-refractivity contribution in [2.75, 3.05) is 40.9 Å². The number of hydrogen-bond acceptors (Lipinski definition) is 5. The van der Waals surface area contributed by atoms with Crippen LogP contribution < -0.4 is 9.47 Å². The van der Waals surface area contributed by atoms with E-state index in [1.54, 1.807) is 20.5 Å². The largest absolute Gasteiger partial charge is 0.493 e. The molecule has 2 heterocycles. The van der Waals surface area contributed by atoms with Crippen LogP contribution in [0.2, 0.25) is 0 Å². The number of nitrogens with zero attached hydrogens (tertiary/aromatic N) is 2. The number of amides is 1. The molecule has 1 aromatic carbocycles. The number of likely N-dealkylation sites (N-methyl/N-ethyl adjacent to an activating group) is 1. The average Bonchev–Trinajstić information content (AvgIpc) is 3.19. The van der Waals surface area contributed by atoms with Gasteiger partial charge in [-0.1, -0.05) is 6.07 Å². The lowest BCUT2D eigenvalue weighted by Gasteiger charge is -2.40. The van der Waals surface area contributed by atoms with E-state index in [2.05, 4.69) is 11.9 Å². The Hall–Kier alpha value is -2.47. The van der Waals surface area contributed by atoms with E-state index in [0.29, 0.717) is 30.9 Å². The molecule has 140 valence electrons. The predicted octanol–water partition coefficient (Wildman–Crippen LogP) is 2.74. The molecule has 3 rings (SSSR count). The van der Waals surface area contributed by atoms with Gasteiger partial charge in [-0.05, 0) is 36.9 Å². The van der Waals surface area contributed by atoms with Crippen molar-refractivity contribution in [3.05, 3.63) is 47.9 Å². The molecule has 0 spiro atoms. The van der Waals surface area contributed by atoms with Crippen molar-refractivity contribution in [3.8, 4) is 11.5 Å². The van der Waals surface area contributed by atoms with Gasteiger partial charge in [0.2, 0.25) is 5.91 Å². The standard InChI is InChI=1S/C20H26N2O4/c1-21-10-11-22(20(23)9-7-16-5-4-12-26-16)14-17(21)15-6-8-18(24-2)19(13-15)25-3/h4-6,8,12-13,17H,7,9-11,14H2,1-3H3. The van der Waals surface area contributed by atoms with Gasteiger partial charge in [0.15, 0.2) is 11.5 Å². The zero-order valence-electron chi connectivity index (χ0n) is 15.6. The Balaban J connectivity index is 1.68. The Kier molecular flexibility index (Phi) is 5.83. The van der Waals surface area contributed by atoms with Crippen LogP contribution in [-0.2, 0) is 11.2 Å². The van der Waals surface area contributed by atoms with E-state index >= 15 is 0 Å². The summed E-state index contributed by atoms with van der Waals surface area (Å²) >= 11 is 0. The fraction of sp³-hybridized carbons (Fsp3) is 0.450. The maximum absolute atomic E-state index is 12.6. The van der Waals surface area contributed by atoms with Gasteiger partial charge in [-0.2, -0.15) is 0 Å². The van der Waals surface area contributed by atoms with E-state index in [9.17, 15) is 4.79 Å². The van der Waals surface area contributed by atoms with Crippen LogP contribution in [0.4, 0.5) is 0 Å². The highest BCUT2D eigenvalue weighted by Gasteiger charge is 2.29. The number of piperazine rings is 1. The van der Waals surface area contributed by atoms with Crippen molar-refractivity contribution in [1.29, 1.82) is 0 Å². The average molecular weight is 358 g/mol. The lowest BCUT2D eigenvalue weighted by molar-refractivity contribution is -0.134. The molecular weight excluding hydrogens is 332 g/mol. The third kappa shape index (κ3) is 4.02. The molecule has 1 atom stereocenters. The van der Waals surface area contributed by atoms with Crippen LogP contribution in [0.5, 0.6) is 11.5 Å². The Morgan fingerprint density at radius 1 is 1.19 bits per heavy atom. The van der Waals surface area contributed by atoms with Crippen LogP contribution in [0.3, 0.4) is 0 Å². The number of aryl methyl sites for hydroxylation is 1. The molecule has 1 unspecified atom stereocenters. The first-order valence-corrected chi connectivity index (χ1v) is 8.84. The van der Waals surface area contributed by atoms with E-state index in [-0.39, 0.29) is 11.9 Å². The van der Waals surface area contributed by atoms with Crippen LogP contribution in [0.1, 0.15) is 23.8 Å². The highest BCUT2D eigenvalue weighted by Crippen LogP contribution is 2.33. The molecule has 1 amide bonds. The fourth-order valence-electron chi connectivity index (χ4n) is 3.36. The fourth-order valence-corrected chi connectivity index (χ4v) is 3.36. The van der Waals surface area contributed by atoms with Gasteiger partial charge in [0.25, 0.3) is 0 Å². The molecule has 1 fully saturated rings. The van der Waals surface area contributed by atoms with Crippen LogP contribution in [0.15, 0.2) is 41.0 Å². The minimum absolute atomic E-state index is 0.135. The van der Waals surface area contributed by atoms with Crippen LogP contribution in [-0.4, -0.2) is 56.6 Å². The lowest BCUT2D eigenvalue weighted by Crippen LogP contribution is -2.49. The summed E-state index contributed by atoms with van der Waals surface area (Å²) < 4.78 is 16.1. The van der Waals surface area contributed by atoms with Crippen molar-refractivity contribution in [2.24, 2.45) is 0 Å². The number of hydrogen-bond donors (Lipinski definition) is 0. The Labute approximate surface area is 154 Å². The second-order valence-corrected chi connectivity index (χ2v) is 6.53. The van der Waals surface area contributed by atoms with Gasteiger partial charge in [-0.3, -0.25) is 9.69 Å². The quantitative estimate of drug-likeness (QED) is 0.795. The van der Waals surface area contributed by atoms with Crippen LogP contribution in [0.25, 0.3) is 0 Å². The second-order valence-electron chi connectivity index (χ2n) is 6.53. The van der Waals surface area contributed by atoms with Gasteiger partial charge in [-0.15, -0.1) is 0 Å². The number of methoxy groups -OCH3 is 2. The molecule has 1 saturated heterocycles. The van der Waals surface area contributed by atoms with E-state index in [0.717, 1.165) is 24.4 Å². The molecule has 6 nitrogen and oxygen atoms in total. The zero-order valence-corrected chi connectivity index (χ0v) is 15.6. The molecule has 1 aliphatic rings. The summed E-state index contributed by atoms with van der Waals surface area (Å²) in [5, 5.41) is 0. The highest BCUT2D eigenvalue weighted by atomic mass is 16.5. The molecule has 2 aromatic rings. The van der Waals surface area contributed by atoms with Crippen molar-refractivity contribution in [3.63, 3.8) is 0 Å². The number of carbonyl (C=O) groups is 1. The molecule has 1 aliphatic heterocycles. The molecule has 0 bridgehead atoms. The smallest absolute Gasteiger partial charge is 0.223 e. The molecule has 1 aromatic heterocycles. The SMILES string of the molecule is COc1ccc(C2CN(C(=O)CCc3ccco3)CCN2C)cc1OC. The van der Waals surface area contributed by atoms with E-state index in [1.165, 1.54) is 0 Å². The first-order valence-electron chi connectivity index (χ1n) is 8.84. The Bertz CT molecular complexity index is 729. The third-order valence-corrected chi connectivity index (χ3v) is 4.96. The molecule has 6 heteroatoms. The van der Waals surface area contributed by atoms with Crippen LogP contribution in [0, 0.1) is 0 Å². The van der Waals surface area contributed by atoms with E-state index < -0.39 is 0 Å². The van der Waals surface area contributed by atoms with Crippen molar-refractivity contribution < 1.29 is 18.7 Å². The summed E-state index contributed by atoms with van der Waals surface area (Å²) in [7, 11) is 5.35. The maximum atomic E-state index is 12.6. The minimum atomic E-state index is 0.135. The molecule has 26 heavy (non-hydrogen) atoms. The number of rotatable bonds is 6. The molecule has 0 aliphatic carbocycles. The maximum Gasteiger partial charge on any atom is 0.223 e. The first-order chi connectivity index (χ1) is 12.6. The summed E-state index contributed by atoms with van der Waals surface area (Å²) in [6.07, 6.45) is 2.75. The van der Waals surface area contributed by atoms with Crippen LogP contribution >= 0.6 is 0 Å². The predicted molar refractivity (Wildman–Crippen MR) is 98.5 cm³/mol. The van der Waals surface area contributed by atoms with Gasteiger partial charge in [0.05, 0.1) is 26.5 Å². The number of carbonyl (C=O) groups excluding carboxylic acids is 1. The molecule has 0 saturated carbocycles. The number of furan rings is 1. The van der Waals surface area contributed by atoms with E-state index in [4.69, 9.17) is 13.9 Å². The van der Waals surface area contributed by atoms with Gasteiger partial charge in [0.1, 0.15) is 5.76 Å². The third-order valence-electron chi connectivity index (χ3n) is 4.96. The number of benzene rings is 1. The minimum Gasteiger partial charge on any atom is -0.493 e. The van der Waals surface area contributed by atoms with Gasteiger partial charge in [-0.25, -0.2) is 0 Å². The summed E-state index contributed by atoms with van der Waals surface area (Å²) in [6.45, 7) is 2.26. The Morgan fingerprint density at radius 2 is 2.00 bits per heavy atom. The lowest BCUT2D eigenvalue weighted by atomic mass is 10.0. The summed E-state index contributed by atoms with van der Waals surface area (Å²) in [5.74, 6) is 2.43. The van der Waals surface area contributed by atoms with Gasteiger partial charge >= 0.3 is 0 Å². The normalized spacial score (nSPS) is 18.0. The summed E-state index contributed by atoms with van der Waals surface area (Å²) in [4.78, 5) is 16.8. The summed E-state index contributed by atoms with van der Waals surface area (Å²) in [5.41, 5.74) is 1.12. The second kappa shape index (κ2) is 8.27. The summed E-state index contributed by atoms with van der Waals surface area (Å²) in [6, 6.07) is 9.85. The Morgan fingerprint density at radius 3 is 2.69 bits per heavy atom. The first kappa shape index (κ1) is 18.3. The van der Waals surface area contributed by atoms with Crippen molar-refractivity contribution in [2.45, 2.75) is 18.9 Å². The monoisotopic (exact) mass is 358 g/mol. The molecule has 0 radical (unpaired) electrons. The molecule has 0 N–H and O–H groups in total. The van der Waals surface area contributed by atoms with Gasteiger partial charge < -0.3 is 18.8 Å². The van der Waals surface area contributed by atoms with Crippen molar-refractivity contribution in [1.82, 2.24) is 9.80 Å². The topological polar surface area (TPSA) is 55.2 Å². The van der Waals surface area contributed by atoms with Gasteiger partial charge in [0, 0.05) is 32.5 Å². The zero-order chi connectivity index (χ0) is 18.5. The highest BCUT2D eigenvalue weighted by molar-refractivity contribution is 5.76. The number of ether oxygens (including phenoxy) is 2. The molecular formula is C20H26N2O4. The van der Waals surface area contributed by atoms with E-state index in [1.807, 2.05) is 35.2 Å².